The van der Waals surface area contributed by atoms with Crippen LogP contribution in [-0.2, 0) is 6.42 Å². The molecular weight excluding hydrogens is 448 g/mol. The topological polar surface area (TPSA) is 93.0 Å². The summed E-state index contributed by atoms with van der Waals surface area (Å²) in [6.07, 6.45) is 1.34. The number of hydrogen-bond donors (Lipinski definition) is 3. The minimum Gasteiger partial charge on any atom is -0.489 e. The average molecular weight is 477 g/mol. The van der Waals surface area contributed by atoms with E-state index in [2.05, 4.69) is 27.4 Å². The maximum Gasteiger partial charge on any atom is 0.251 e. The smallest absolute Gasteiger partial charge is 0.251 e. The SMILES string of the molecule is CC(C)Oc1ccc(C(=O)N[C@H](CCN)Cc2ccc(-c3nc4ccccc4[nH]3)cc2)cc1Cl. The number of imidazole rings is 1. The van der Waals surface area contributed by atoms with Crippen LogP contribution in [0.1, 0.15) is 36.2 Å². The third-order valence-electron chi connectivity index (χ3n) is 5.51. The fourth-order valence-electron chi connectivity index (χ4n) is 3.86. The first-order valence-electron chi connectivity index (χ1n) is 11.4. The molecule has 176 valence electrons. The van der Waals surface area contributed by atoms with Gasteiger partial charge in [-0.2, -0.15) is 0 Å². The number of aromatic nitrogens is 2. The number of halogens is 1. The Balaban J connectivity index is 1.43. The van der Waals surface area contributed by atoms with Gasteiger partial charge in [-0.25, -0.2) is 4.98 Å². The molecule has 3 aromatic carbocycles. The molecule has 1 amide bonds. The number of aromatic amines is 1. The lowest BCUT2D eigenvalue weighted by Crippen LogP contribution is -2.38. The highest BCUT2D eigenvalue weighted by Crippen LogP contribution is 2.27. The predicted octanol–water partition coefficient (Wildman–Crippen LogP) is 5.36. The summed E-state index contributed by atoms with van der Waals surface area (Å²) in [5.41, 5.74) is 10.4. The van der Waals surface area contributed by atoms with Crippen molar-refractivity contribution in [2.75, 3.05) is 6.54 Å². The lowest BCUT2D eigenvalue weighted by Gasteiger charge is -2.19. The number of carbonyl (C=O) groups is 1. The summed E-state index contributed by atoms with van der Waals surface area (Å²) in [7, 11) is 0. The molecule has 4 rings (SSSR count). The minimum atomic E-state index is -0.185. The quantitative estimate of drug-likeness (QED) is 0.303. The van der Waals surface area contributed by atoms with E-state index in [0.29, 0.717) is 35.7 Å². The number of hydrogen-bond acceptors (Lipinski definition) is 4. The summed E-state index contributed by atoms with van der Waals surface area (Å²) >= 11 is 6.30. The van der Waals surface area contributed by atoms with Crippen LogP contribution in [0.2, 0.25) is 5.02 Å². The van der Waals surface area contributed by atoms with E-state index in [9.17, 15) is 4.79 Å². The molecule has 0 fully saturated rings. The van der Waals surface area contributed by atoms with E-state index in [-0.39, 0.29) is 18.1 Å². The number of carbonyl (C=O) groups excluding carboxylic acids is 1. The van der Waals surface area contributed by atoms with E-state index in [0.717, 1.165) is 28.0 Å². The van der Waals surface area contributed by atoms with Gasteiger partial charge in [0.1, 0.15) is 11.6 Å². The van der Waals surface area contributed by atoms with Gasteiger partial charge in [0, 0.05) is 17.2 Å². The van der Waals surface area contributed by atoms with E-state index in [4.69, 9.17) is 22.1 Å². The number of fused-ring (bicyclic) bond motifs is 1. The number of nitrogens with zero attached hydrogens (tertiary/aromatic N) is 1. The van der Waals surface area contributed by atoms with Crippen LogP contribution in [0.4, 0.5) is 0 Å². The van der Waals surface area contributed by atoms with Crippen LogP contribution < -0.4 is 15.8 Å². The molecule has 0 spiro atoms. The van der Waals surface area contributed by atoms with Gasteiger partial charge in [-0.15, -0.1) is 0 Å². The molecule has 7 heteroatoms. The third-order valence-corrected chi connectivity index (χ3v) is 5.80. The largest absolute Gasteiger partial charge is 0.489 e. The van der Waals surface area contributed by atoms with E-state index < -0.39 is 0 Å². The van der Waals surface area contributed by atoms with Crippen molar-refractivity contribution in [1.29, 1.82) is 0 Å². The second kappa shape index (κ2) is 10.7. The van der Waals surface area contributed by atoms with Gasteiger partial charge in [0.25, 0.3) is 5.91 Å². The molecule has 6 nitrogen and oxygen atoms in total. The fraction of sp³-hybridized carbons (Fsp3) is 0.259. The molecule has 34 heavy (non-hydrogen) atoms. The van der Waals surface area contributed by atoms with Crippen molar-refractivity contribution in [1.82, 2.24) is 15.3 Å². The lowest BCUT2D eigenvalue weighted by atomic mass is 10.0. The standard InChI is InChI=1S/C27H29ClN4O2/c1-17(2)34-25-12-11-20(16-22(25)28)27(33)30-21(13-14-29)15-18-7-9-19(10-8-18)26-31-23-5-3-4-6-24(23)32-26/h3-12,16-17,21H,13-15,29H2,1-2H3,(H,30,33)(H,31,32)/t21-/m1/s1. The summed E-state index contributed by atoms with van der Waals surface area (Å²) in [5.74, 6) is 1.22. The molecule has 4 N–H and O–H groups in total. The van der Waals surface area contributed by atoms with Gasteiger partial charge in [0.05, 0.1) is 22.2 Å². The number of benzene rings is 3. The monoisotopic (exact) mass is 476 g/mol. The van der Waals surface area contributed by atoms with E-state index in [1.807, 2.05) is 50.2 Å². The highest BCUT2D eigenvalue weighted by molar-refractivity contribution is 6.32. The molecule has 0 bridgehead atoms. The van der Waals surface area contributed by atoms with Gasteiger partial charge >= 0.3 is 0 Å². The van der Waals surface area contributed by atoms with Crippen molar-refractivity contribution in [2.24, 2.45) is 5.73 Å². The molecule has 0 unspecified atom stereocenters. The predicted molar refractivity (Wildman–Crippen MR) is 137 cm³/mol. The van der Waals surface area contributed by atoms with Crippen LogP contribution >= 0.6 is 11.6 Å². The van der Waals surface area contributed by atoms with Crippen molar-refractivity contribution in [3.8, 4) is 17.1 Å². The Labute approximate surface area is 204 Å². The summed E-state index contributed by atoms with van der Waals surface area (Å²) in [6, 6.07) is 21.2. The van der Waals surface area contributed by atoms with E-state index in [1.54, 1.807) is 18.2 Å². The number of amides is 1. The van der Waals surface area contributed by atoms with Crippen molar-refractivity contribution in [3.05, 3.63) is 82.9 Å². The molecule has 0 saturated heterocycles. The molecule has 0 aliphatic heterocycles. The zero-order valence-electron chi connectivity index (χ0n) is 19.3. The molecular formula is C27H29ClN4O2. The highest BCUT2D eigenvalue weighted by Gasteiger charge is 2.16. The minimum absolute atomic E-state index is 0.00402. The van der Waals surface area contributed by atoms with Crippen molar-refractivity contribution in [2.45, 2.75) is 38.8 Å². The van der Waals surface area contributed by atoms with E-state index >= 15 is 0 Å². The number of nitrogens with two attached hydrogens (primary N) is 1. The Kier molecular flexibility index (Phi) is 7.50. The van der Waals surface area contributed by atoms with Crippen molar-refractivity contribution < 1.29 is 9.53 Å². The van der Waals surface area contributed by atoms with Gasteiger partial charge in [0.2, 0.25) is 0 Å². The molecule has 0 aliphatic carbocycles. The summed E-state index contributed by atoms with van der Waals surface area (Å²) in [6.45, 7) is 4.33. The molecule has 0 aliphatic rings. The Hall–Kier alpha value is -3.35. The Morgan fingerprint density at radius 1 is 1.12 bits per heavy atom. The molecule has 1 atom stereocenters. The van der Waals surface area contributed by atoms with E-state index in [1.165, 1.54) is 0 Å². The Morgan fingerprint density at radius 3 is 2.56 bits per heavy atom. The van der Waals surface area contributed by atoms with Gasteiger partial charge in [-0.05, 0) is 69.1 Å². The zero-order chi connectivity index (χ0) is 24.1. The summed E-state index contributed by atoms with van der Waals surface area (Å²) in [5, 5.41) is 3.51. The summed E-state index contributed by atoms with van der Waals surface area (Å²) < 4.78 is 5.65. The van der Waals surface area contributed by atoms with Crippen LogP contribution in [-0.4, -0.2) is 34.6 Å². The van der Waals surface area contributed by atoms with Gasteiger partial charge in [-0.3, -0.25) is 4.79 Å². The maximum atomic E-state index is 12.9. The first-order chi connectivity index (χ1) is 16.4. The lowest BCUT2D eigenvalue weighted by molar-refractivity contribution is 0.0935. The number of rotatable bonds is 9. The fourth-order valence-corrected chi connectivity index (χ4v) is 4.08. The second-order valence-corrected chi connectivity index (χ2v) is 8.97. The number of H-pyrrole nitrogens is 1. The average Bonchev–Trinajstić information content (AvgIpc) is 3.25. The zero-order valence-corrected chi connectivity index (χ0v) is 20.1. The third kappa shape index (κ3) is 5.76. The van der Waals surface area contributed by atoms with Crippen LogP contribution in [0.5, 0.6) is 5.75 Å². The van der Waals surface area contributed by atoms with Crippen LogP contribution in [0, 0.1) is 0 Å². The van der Waals surface area contributed by atoms with Crippen molar-refractivity contribution in [3.63, 3.8) is 0 Å². The molecule has 0 saturated carbocycles. The normalized spacial score (nSPS) is 12.1. The van der Waals surface area contributed by atoms with Gasteiger partial charge in [0.15, 0.2) is 0 Å². The number of nitrogens with one attached hydrogen (secondary N) is 2. The maximum absolute atomic E-state index is 12.9. The van der Waals surface area contributed by atoms with Crippen molar-refractivity contribution >= 4 is 28.5 Å². The second-order valence-electron chi connectivity index (χ2n) is 8.56. The Morgan fingerprint density at radius 2 is 1.88 bits per heavy atom. The highest BCUT2D eigenvalue weighted by atomic mass is 35.5. The first-order valence-corrected chi connectivity index (χ1v) is 11.8. The van der Waals surface area contributed by atoms with Gasteiger partial charge < -0.3 is 20.8 Å². The van der Waals surface area contributed by atoms with Crippen LogP contribution in [0.25, 0.3) is 22.4 Å². The number of para-hydroxylation sites is 2. The van der Waals surface area contributed by atoms with Gasteiger partial charge in [-0.1, -0.05) is 48.0 Å². The molecule has 4 aromatic rings. The Bertz CT molecular complexity index is 1230. The first kappa shape index (κ1) is 23.8. The van der Waals surface area contributed by atoms with Crippen LogP contribution in [0.3, 0.4) is 0 Å². The molecule has 0 radical (unpaired) electrons. The van der Waals surface area contributed by atoms with Crippen LogP contribution in [0.15, 0.2) is 66.7 Å². The summed E-state index contributed by atoms with van der Waals surface area (Å²) in [4.78, 5) is 20.9. The molecule has 1 heterocycles. The molecule has 1 aromatic heterocycles. The number of ether oxygens (including phenoxy) is 1.